The zero-order valence-electron chi connectivity index (χ0n) is 19.2. The van der Waals surface area contributed by atoms with Gasteiger partial charge in [-0.05, 0) is 69.3 Å². The molecule has 0 radical (unpaired) electrons. The molecule has 1 heterocycles. The molecule has 0 aliphatic heterocycles. The van der Waals surface area contributed by atoms with Crippen molar-refractivity contribution in [1.29, 1.82) is 0 Å². The molecule has 1 aliphatic carbocycles. The van der Waals surface area contributed by atoms with Gasteiger partial charge in [0.25, 0.3) is 0 Å². The summed E-state index contributed by atoms with van der Waals surface area (Å²) in [4.78, 5) is 2.75. The normalized spacial score (nSPS) is 12.6. The summed E-state index contributed by atoms with van der Waals surface area (Å²) in [6, 6.07) is 41.3. The molecule has 0 saturated carbocycles. The Morgan fingerprint density at radius 2 is 1.40 bits per heavy atom. The van der Waals surface area contributed by atoms with Gasteiger partial charge in [-0.15, -0.1) is 11.3 Å². The maximum atomic E-state index is 3.33. The van der Waals surface area contributed by atoms with Crippen LogP contribution in [0, 0.1) is 12.1 Å². The lowest BCUT2D eigenvalue weighted by Crippen LogP contribution is -1.94. The van der Waals surface area contributed by atoms with Gasteiger partial charge in [0.1, 0.15) is 0 Å². The van der Waals surface area contributed by atoms with Crippen LogP contribution in [-0.4, -0.2) is 0 Å². The number of benzene rings is 4. The second-order valence-electron chi connectivity index (χ2n) is 9.04. The molecular formula is C34H22S. The summed E-state index contributed by atoms with van der Waals surface area (Å²) in [6.07, 6.45) is 6.84. The van der Waals surface area contributed by atoms with Crippen LogP contribution in [0.25, 0.3) is 59.6 Å². The lowest BCUT2D eigenvalue weighted by Gasteiger charge is -2.13. The van der Waals surface area contributed by atoms with Crippen LogP contribution in [0.15, 0.2) is 103 Å². The summed E-state index contributed by atoms with van der Waals surface area (Å²) in [5, 5.41) is 5.22. The van der Waals surface area contributed by atoms with E-state index in [1.807, 2.05) is 23.5 Å². The van der Waals surface area contributed by atoms with E-state index >= 15 is 0 Å². The first-order valence-corrected chi connectivity index (χ1v) is 12.9. The SMILES string of the molecule is c1cccc(-c2ccccc2-c2sc(-c3c4ccccc4cc4ccccc34)c3c2CCC=C3)c#1. The molecule has 1 aromatic heterocycles. The molecule has 164 valence electrons. The second kappa shape index (κ2) is 8.27. The van der Waals surface area contributed by atoms with Crippen molar-refractivity contribution in [2.45, 2.75) is 12.8 Å². The van der Waals surface area contributed by atoms with Crippen LogP contribution in [0.4, 0.5) is 0 Å². The average Bonchev–Trinajstić information content (AvgIpc) is 3.31. The van der Waals surface area contributed by atoms with Gasteiger partial charge in [0.05, 0.1) is 0 Å². The fraction of sp³-hybridized carbons (Fsp3) is 0.0588. The van der Waals surface area contributed by atoms with Crippen molar-refractivity contribution in [1.82, 2.24) is 0 Å². The molecule has 1 aliphatic rings. The molecule has 0 saturated heterocycles. The standard InChI is InChI=1S/C34H22S/c1-2-12-23(13-3-1)26-16-8-9-19-29(26)33-30-20-10-11-21-31(30)34(35-33)32-27-17-6-4-14-24(27)22-25-15-5-7-18-28(25)32/h1-2,4-9,11-12,14-19,21-22H,10,20H2. The number of rotatable bonds is 3. The highest BCUT2D eigenvalue weighted by Gasteiger charge is 2.24. The van der Waals surface area contributed by atoms with Gasteiger partial charge < -0.3 is 0 Å². The summed E-state index contributed by atoms with van der Waals surface area (Å²) >= 11 is 1.94. The van der Waals surface area contributed by atoms with Gasteiger partial charge in [0.2, 0.25) is 0 Å². The lowest BCUT2D eigenvalue weighted by atomic mass is 9.89. The van der Waals surface area contributed by atoms with E-state index in [0.717, 1.165) is 18.4 Å². The van der Waals surface area contributed by atoms with Crippen molar-refractivity contribution in [3.05, 3.63) is 126 Å². The molecule has 0 atom stereocenters. The summed E-state index contributed by atoms with van der Waals surface area (Å²) in [5.41, 5.74) is 7.81. The first kappa shape index (κ1) is 20.3. The van der Waals surface area contributed by atoms with Crippen LogP contribution in [0.2, 0.25) is 0 Å². The fourth-order valence-electron chi connectivity index (χ4n) is 5.42. The molecule has 1 heteroatoms. The molecule has 7 rings (SSSR count). The fourth-order valence-corrected chi connectivity index (χ4v) is 6.87. The molecule has 5 aromatic carbocycles. The zero-order chi connectivity index (χ0) is 23.2. The molecular weight excluding hydrogens is 440 g/mol. The van der Waals surface area contributed by atoms with Gasteiger partial charge >= 0.3 is 0 Å². The second-order valence-corrected chi connectivity index (χ2v) is 10.1. The minimum absolute atomic E-state index is 1.07. The highest BCUT2D eigenvalue weighted by atomic mass is 32.1. The van der Waals surface area contributed by atoms with E-state index in [-0.39, 0.29) is 0 Å². The molecule has 0 bridgehead atoms. The maximum Gasteiger partial charge on any atom is 0.0437 e. The number of thiophene rings is 1. The maximum absolute atomic E-state index is 3.33. The van der Waals surface area contributed by atoms with Crippen molar-refractivity contribution < 1.29 is 0 Å². The van der Waals surface area contributed by atoms with E-state index in [0.29, 0.717) is 0 Å². The Hall–Kier alpha value is -4.12. The summed E-state index contributed by atoms with van der Waals surface area (Å²) < 4.78 is 0. The van der Waals surface area contributed by atoms with E-state index in [1.54, 1.807) is 0 Å². The Balaban J connectivity index is 1.56. The summed E-state index contributed by atoms with van der Waals surface area (Å²) in [5.74, 6) is 0. The zero-order valence-corrected chi connectivity index (χ0v) is 20.0. The van der Waals surface area contributed by atoms with Crippen molar-refractivity contribution in [2.24, 2.45) is 0 Å². The molecule has 6 aromatic rings. The third-order valence-electron chi connectivity index (χ3n) is 7.00. The minimum Gasteiger partial charge on any atom is -0.134 e. The third-order valence-corrected chi connectivity index (χ3v) is 8.30. The molecule has 0 amide bonds. The van der Waals surface area contributed by atoms with Crippen LogP contribution in [-0.2, 0) is 6.42 Å². The van der Waals surface area contributed by atoms with E-state index in [4.69, 9.17) is 0 Å². The Morgan fingerprint density at radius 1 is 0.686 bits per heavy atom. The Labute approximate surface area is 209 Å². The Kier molecular flexibility index (Phi) is 4.79. The number of allylic oxidation sites excluding steroid dienone is 1. The Bertz CT molecular complexity index is 1680. The van der Waals surface area contributed by atoms with Crippen LogP contribution in [0.3, 0.4) is 0 Å². The van der Waals surface area contributed by atoms with E-state index in [9.17, 15) is 0 Å². The number of hydrogen-bond acceptors (Lipinski definition) is 1. The highest BCUT2D eigenvalue weighted by molar-refractivity contribution is 7.19. The topological polar surface area (TPSA) is 0 Å². The Morgan fingerprint density at radius 3 is 2.14 bits per heavy atom. The van der Waals surface area contributed by atoms with Crippen LogP contribution in [0.5, 0.6) is 0 Å². The quantitative estimate of drug-likeness (QED) is 0.230. The van der Waals surface area contributed by atoms with E-state index in [1.165, 1.54) is 59.1 Å². The lowest BCUT2D eigenvalue weighted by molar-refractivity contribution is 0.996. The van der Waals surface area contributed by atoms with Crippen molar-refractivity contribution >= 4 is 39.0 Å². The molecule has 0 nitrogen and oxygen atoms in total. The number of fused-ring (bicyclic) bond motifs is 3. The van der Waals surface area contributed by atoms with Gasteiger partial charge in [0.15, 0.2) is 0 Å². The number of hydrogen-bond donors (Lipinski definition) is 0. The highest BCUT2D eigenvalue weighted by Crippen LogP contribution is 2.50. The van der Waals surface area contributed by atoms with Gasteiger partial charge in [-0.2, -0.15) is 0 Å². The van der Waals surface area contributed by atoms with Crippen molar-refractivity contribution in [3.8, 4) is 32.0 Å². The molecule has 35 heavy (non-hydrogen) atoms. The summed E-state index contributed by atoms with van der Waals surface area (Å²) in [6.45, 7) is 0. The first-order valence-electron chi connectivity index (χ1n) is 12.1. The first-order chi connectivity index (χ1) is 17.4. The smallest absolute Gasteiger partial charge is 0.0437 e. The van der Waals surface area contributed by atoms with Crippen LogP contribution < -0.4 is 0 Å². The molecule has 0 N–H and O–H groups in total. The average molecular weight is 463 g/mol. The molecule has 0 spiro atoms. The van der Waals surface area contributed by atoms with E-state index < -0.39 is 0 Å². The predicted octanol–water partition coefficient (Wildman–Crippen LogP) is 9.62. The molecule has 0 fully saturated rings. The monoisotopic (exact) mass is 462 g/mol. The molecule has 0 unspecified atom stereocenters. The van der Waals surface area contributed by atoms with Gasteiger partial charge in [-0.1, -0.05) is 103 Å². The van der Waals surface area contributed by atoms with E-state index in [2.05, 4.69) is 109 Å². The van der Waals surface area contributed by atoms with Crippen LogP contribution in [0.1, 0.15) is 17.5 Å². The van der Waals surface area contributed by atoms with Gasteiger partial charge in [-0.25, -0.2) is 0 Å². The third kappa shape index (κ3) is 3.30. The van der Waals surface area contributed by atoms with Gasteiger partial charge in [-0.3, -0.25) is 0 Å². The van der Waals surface area contributed by atoms with Gasteiger partial charge in [0, 0.05) is 26.4 Å². The predicted molar refractivity (Wildman–Crippen MR) is 151 cm³/mol. The van der Waals surface area contributed by atoms with Crippen molar-refractivity contribution in [2.75, 3.05) is 0 Å². The largest absolute Gasteiger partial charge is 0.134 e. The van der Waals surface area contributed by atoms with Crippen molar-refractivity contribution in [3.63, 3.8) is 0 Å². The van der Waals surface area contributed by atoms with Crippen LogP contribution >= 0.6 is 11.3 Å². The summed E-state index contributed by atoms with van der Waals surface area (Å²) in [7, 11) is 0. The minimum atomic E-state index is 1.07.